The molecular formula is C19H22FN3. The lowest BCUT2D eigenvalue weighted by Gasteiger charge is -2.11. The van der Waals surface area contributed by atoms with Crippen LogP contribution in [0.15, 0.2) is 59.6 Å². The van der Waals surface area contributed by atoms with Crippen molar-refractivity contribution in [2.45, 2.75) is 31.8 Å². The number of guanidine groups is 1. The standard InChI is InChI=1S/C19H22FN3/c1-2-21-19(22-13-15-10-6-7-11-17(15)20)23-18-12-16(18)14-8-4-3-5-9-14/h3-11,16,18H,2,12-13H2,1H3,(H2,21,22,23). The Morgan fingerprint density at radius 1 is 1.13 bits per heavy atom. The summed E-state index contributed by atoms with van der Waals surface area (Å²) in [6.07, 6.45) is 1.11. The molecule has 0 aromatic heterocycles. The van der Waals surface area contributed by atoms with E-state index in [2.05, 4.69) is 39.9 Å². The van der Waals surface area contributed by atoms with Gasteiger partial charge in [-0.2, -0.15) is 0 Å². The lowest BCUT2D eigenvalue weighted by molar-refractivity contribution is 0.610. The molecule has 1 fully saturated rings. The third-order valence-electron chi connectivity index (χ3n) is 4.05. The first-order valence-electron chi connectivity index (χ1n) is 8.11. The Labute approximate surface area is 136 Å². The number of hydrogen-bond donors (Lipinski definition) is 2. The second kappa shape index (κ2) is 7.27. The van der Waals surface area contributed by atoms with Crippen LogP contribution >= 0.6 is 0 Å². The van der Waals surface area contributed by atoms with Crippen molar-refractivity contribution in [2.24, 2.45) is 4.99 Å². The molecule has 0 aliphatic heterocycles. The van der Waals surface area contributed by atoms with Crippen LogP contribution in [-0.2, 0) is 6.54 Å². The molecule has 0 spiro atoms. The molecule has 4 heteroatoms. The fourth-order valence-corrected chi connectivity index (χ4v) is 2.71. The van der Waals surface area contributed by atoms with Gasteiger partial charge in [0.25, 0.3) is 0 Å². The summed E-state index contributed by atoms with van der Waals surface area (Å²) in [6.45, 7) is 3.15. The Morgan fingerprint density at radius 2 is 1.87 bits per heavy atom. The highest BCUT2D eigenvalue weighted by atomic mass is 19.1. The molecule has 3 nitrogen and oxygen atoms in total. The van der Waals surface area contributed by atoms with Crippen molar-refractivity contribution in [3.63, 3.8) is 0 Å². The molecule has 2 aromatic rings. The highest BCUT2D eigenvalue weighted by Gasteiger charge is 2.38. The highest BCUT2D eigenvalue weighted by Crippen LogP contribution is 2.40. The highest BCUT2D eigenvalue weighted by molar-refractivity contribution is 5.80. The minimum absolute atomic E-state index is 0.208. The largest absolute Gasteiger partial charge is 0.357 e. The van der Waals surface area contributed by atoms with E-state index in [0.29, 0.717) is 24.1 Å². The Balaban J connectivity index is 1.61. The van der Waals surface area contributed by atoms with Crippen LogP contribution in [-0.4, -0.2) is 18.5 Å². The average molecular weight is 311 g/mol. The second-order valence-corrected chi connectivity index (χ2v) is 5.79. The molecule has 2 N–H and O–H groups in total. The quantitative estimate of drug-likeness (QED) is 0.655. The summed E-state index contributed by atoms with van der Waals surface area (Å²) in [5.74, 6) is 1.08. The van der Waals surface area contributed by atoms with E-state index in [-0.39, 0.29) is 5.82 Å². The zero-order valence-electron chi connectivity index (χ0n) is 13.3. The van der Waals surface area contributed by atoms with Gasteiger partial charge in [-0.3, -0.25) is 0 Å². The molecule has 120 valence electrons. The number of rotatable bonds is 5. The molecule has 2 aromatic carbocycles. The zero-order chi connectivity index (χ0) is 16.1. The summed E-state index contributed by atoms with van der Waals surface area (Å²) in [4.78, 5) is 4.51. The fraction of sp³-hybridized carbons (Fsp3) is 0.316. The normalized spacial score (nSPS) is 20.2. The minimum Gasteiger partial charge on any atom is -0.357 e. The molecule has 2 unspecified atom stereocenters. The summed E-state index contributed by atoms with van der Waals surface area (Å²) >= 11 is 0. The van der Waals surface area contributed by atoms with Crippen LogP contribution < -0.4 is 10.6 Å². The van der Waals surface area contributed by atoms with Gasteiger partial charge in [-0.05, 0) is 25.0 Å². The molecule has 0 heterocycles. The zero-order valence-corrected chi connectivity index (χ0v) is 13.3. The second-order valence-electron chi connectivity index (χ2n) is 5.79. The van der Waals surface area contributed by atoms with Crippen LogP contribution in [0.4, 0.5) is 4.39 Å². The Hall–Kier alpha value is -2.36. The maximum Gasteiger partial charge on any atom is 0.191 e. The number of halogens is 1. The predicted molar refractivity (Wildman–Crippen MR) is 91.9 cm³/mol. The van der Waals surface area contributed by atoms with Crippen molar-refractivity contribution in [3.8, 4) is 0 Å². The number of nitrogens with one attached hydrogen (secondary N) is 2. The predicted octanol–water partition coefficient (Wildman–Crippen LogP) is 3.44. The Kier molecular flexibility index (Phi) is 4.91. The van der Waals surface area contributed by atoms with E-state index >= 15 is 0 Å². The molecule has 0 amide bonds. The van der Waals surface area contributed by atoms with E-state index in [0.717, 1.165) is 18.9 Å². The van der Waals surface area contributed by atoms with Crippen LogP contribution in [0.5, 0.6) is 0 Å². The molecule has 1 aliphatic carbocycles. The van der Waals surface area contributed by atoms with Crippen molar-refractivity contribution < 1.29 is 4.39 Å². The number of nitrogens with zero attached hydrogens (tertiary/aromatic N) is 1. The molecule has 3 rings (SSSR count). The van der Waals surface area contributed by atoms with Gasteiger partial charge in [-0.25, -0.2) is 9.38 Å². The van der Waals surface area contributed by atoms with Gasteiger partial charge in [-0.1, -0.05) is 48.5 Å². The number of hydrogen-bond acceptors (Lipinski definition) is 1. The third-order valence-corrected chi connectivity index (χ3v) is 4.05. The minimum atomic E-state index is -0.208. The molecule has 23 heavy (non-hydrogen) atoms. The van der Waals surface area contributed by atoms with E-state index in [1.54, 1.807) is 12.1 Å². The molecule has 0 radical (unpaired) electrons. The van der Waals surface area contributed by atoms with Gasteiger partial charge in [0, 0.05) is 24.1 Å². The van der Waals surface area contributed by atoms with Gasteiger partial charge in [-0.15, -0.1) is 0 Å². The Bertz CT molecular complexity index is 669. The molecular weight excluding hydrogens is 289 g/mol. The van der Waals surface area contributed by atoms with Crippen LogP contribution in [0.2, 0.25) is 0 Å². The number of aliphatic imine (C=N–C) groups is 1. The Morgan fingerprint density at radius 3 is 2.61 bits per heavy atom. The van der Waals surface area contributed by atoms with E-state index in [9.17, 15) is 4.39 Å². The van der Waals surface area contributed by atoms with Gasteiger partial charge in [0.1, 0.15) is 5.82 Å². The molecule has 0 bridgehead atoms. The summed E-state index contributed by atoms with van der Waals surface area (Å²) in [7, 11) is 0. The van der Waals surface area contributed by atoms with Crippen molar-refractivity contribution in [3.05, 3.63) is 71.5 Å². The fourth-order valence-electron chi connectivity index (χ4n) is 2.71. The van der Waals surface area contributed by atoms with Crippen molar-refractivity contribution in [1.82, 2.24) is 10.6 Å². The monoisotopic (exact) mass is 311 g/mol. The van der Waals surface area contributed by atoms with Gasteiger partial charge in [0.05, 0.1) is 6.54 Å². The molecule has 1 aliphatic rings. The van der Waals surface area contributed by atoms with Gasteiger partial charge in [0.2, 0.25) is 0 Å². The van der Waals surface area contributed by atoms with Crippen LogP contribution in [0.3, 0.4) is 0 Å². The molecule has 2 atom stereocenters. The van der Waals surface area contributed by atoms with Crippen LogP contribution in [0, 0.1) is 5.82 Å². The smallest absolute Gasteiger partial charge is 0.191 e. The summed E-state index contributed by atoms with van der Waals surface area (Å²) < 4.78 is 13.7. The lowest BCUT2D eigenvalue weighted by atomic mass is 10.1. The van der Waals surface area contributed by atoms with Crippen LogP contribution in [0.25, 0.3) is 0 Å². The maximum absolute atomic E-state index is 13.7. The third kappa shape index (κ3) is 4.09. The summed E-state index contributed by atoms with van der Waals surface area (Å²) in [5, 5.41) is 6.68. The molecule has 0 saturated heterocycles. The maximum atomic E-state index is 13.7. The number of benzene rings is 2. The first-order chi connectivity index (χ1) is 11.3. The van der Waals surface area contributed by atoms with Crippen molar-refractivity contribution in [1.29, 1.82) is 0 Å². The van der Waals surface area contributed by atoms with Gasteiger partial charge >= 0.3 is 0 Å². The molecule has 1 saturated carbocycles. The van der Waals surface area contributed by atoms with Crippen molar-refractivity contribution in [2.75, 3.05) is 6.54 Å². The first-order valence-corrected chi connectivity index (χ1v) is 8.11. The topological polar surface area (TPSA) is 36.4 Å². The average Bonchev–Trinajstić information content (AvgIpc) is 3.34. The van der Waals surface area contributed by atoms with E-state index in [4.69, 9.17) is 0 Å². The van der Waals surface area contributed by atoms with Crippen LogP contribution in [0.1, 0.15) is 30.4 Å². The summed E-state index contributed by atoms with van der Waals surface area (Å²) in [6, 6.07) is 17.7. The lowest BCUT2D eigenvalue weighted by Crippen LogP contribution is -2.39. The SMILES string of the molecule is CCNC(=NCc1ccccc1F)NC1CC1c1ccccc1. The van der Waals surface area contributed by atoms with Gasteiger partial charge < -0.3 is 10.6 Å². The van der Waals surface area contributed by atoms with E-state index in [1.807, 2.05) is 19.1 Å². The van der Waals surface area contributed by atoms with E-state index < -0.39 is 0 Å². The summed E-state index contributed by atoms with van der Waals surface area (Å²) in [5.41, 5.74) is 1.97. The van der Waals surface area contributed by atoms with E-state index in [1.165, 1.54) is 11.6 Å². The van der Waals surface area contributed by atoms with Crippen molar-refractivity contribution >= 4 is 5.96 Å². The first kappa shape index (κ1) is 15.5. The van der Waals surface area contributed by atoms with Gasteiger partial charge in [0.15, 0.2) is 5.96 Å².